The predicted octanol–water partition coefficient (Wildman–Crippen LogP) is 5.72. The number of hydrogen-bond acceptors (Lipinski definition) is 4. The van der Waals surface area contributed by atoms with E-state index in [4.69, 9.17) is 15.7 Å². The van der Waals surface area contributed by atoms with Crippen LogP contribution in [0.15, 0.2) is 42.5 Å². The maximum absolute atomic E-state index is 13.4. The van der Waals surface area contributed by atoms with Gasteiger partial charge in [0.05, 0.1) is 16.7 Å². The van der Waals surface area contributed by atoms with E-state index < -0.39 is 0 Å². The SMILES string of the molecule is Cc1cccc(-n2c(N)c(C(=O)NC(C)CCCC(C)C)c3nc4ccccc4nc32)c1C. The molecule has 33 heavy (non-hydrogen) atoms. The van der Waals surface area contributed by atoms with Gasteiger partial charge in [-0.3, -0.25) is 9.36 Å². The number of carbonyl (C=O) groups is 1. The number of nitrogens with two attached hydrogens (primary N) is 1. The highest BCUT2D eigenvalue weighted by Gasteiger charge is 2.26. The maximum atomic E-state index is 13.4. The minimum atomic E-state index is -0.205. The van der Waals surface area contributed by atoms with Gasteiger partial charge in [0.15, 0.2) is 5.65 Å². The summed E-state index contributed by atoms with van der Waals surface area (Å²) in [6, 6.07) is 13.8. The van der Waals surface area contributed by atoms with Crippen LogP contribution in [-0.4, -0.2) is 26.5 Å². The summed E-state index contributed by atoms with van der Waals surface area (Å²) in [5.74, 6) is 0.812. The summed E-state index contributed by atoms with van der Waals surface area (Å²) in [6.45, 7) is 10.6. The summed E-state index contributed by atoms with van der Waals surface area (Å²) in [6.07, 6.45) is 3.14. The number of nitrogens with one attached hydrogen (secondary N) is 1. The smallest absolute Gasteiger partial charge is 0.257 e. The van der Waals surface area contributed by atoms with Crippen molar-refractivity contribution in [3.8, 4) is 5.69 Å². The van der Waals surface area contributed by atoms with Gasteiger partial charge < -0.3 is 11.1 Å². The Morgan fingerprint density at radius 1 is 1.00 bits per heavy atom. The van der Waals surface area contributed by atoms with Gasteiger partial charge >= 0.3 is 0 Å². The van der Waals surface area contributed by atoms with E-state index in [1.54, 1.807) is 0 Å². The number of amides is 1. The highest BCUT2D eigenvalue weighted by Crippen LogP contribution is 2.32. The average Bonchev–Trinajstić information content (AvgIpc) is 3.04. The Kier molecular flexibility index (Phi) is 6.36. The van der Waals surface area contributed by atoms with Crippen molar-refractivity contribution >= 4 is 33.9 Å². The Bertz CT molecular complexity index is 1320. The molecule has 2 aromatic carbocycles. The summed E-state index contributed by atoms with van der Waals surface area (Å²) >= 11 is 0. The summed E-state index contributed by atoms with van der Waals surface area (Å²) in [5.41, 5.74) is 12.8. The molecule has 4 rings (SSSR count). The number of rotatable bonds is 7. The lowest BCUT2D eigenvalue weighted by atomic mass is 10.0. The molecule has 0 radical (unpaired) electrons. The fourth-order valence-corrected chi connectivity index (χ4v) is 4.31. The van der Waals surface area contributed by atoms with Crippen LogP contribution >= 0.6 is 0 Å². The second-order valence-corrected chi connectivity index (χ2v) is 9.40. The van der Waals surface area contributed by atoms with Gasteiger partial charge in [0.1, 0.15) is 16.9 Å². The molecule has 6 nitrogen and oxygen atoms in total. The fraction of sp³-hybridized carbons (Fsp3) is 0.370. The van der Waals surface area contributed by atoms with Crippen LogP contribution in [0.2, 0.25) is 0 Å². The Balaban J connectivity index is 1.84. The average molecular weight is 444 g/mol. The summed E-state index contributed by atoms with van der Waals surface area (Å²) in [7, 11) is 0. The van der Waals surface area contributed by atoms with E-state index in [0.717, 1.165) is 47.1 Å². The number of anilines is 1. The molecule has 1 unspecified atom stereocenters. The lowest BCUT2D eigenvalue weighted by molar-refractivity contribution is 0.0940. The largest absolute Gasteiger partial charge is 0.384 e. The minimum Gasteiger partial charge on any atom is -0.384 e. The van der Waals surface area contributed by atoms with Crippen LogP contribution < -0.4 is 11.1 Å². The fourth-order valence-electron chi connectivity index (χ4n) is 4.31. The molecule has 0 fully saturated rings. The molecule has 1 amide bonds. The molecule has 0 spiro atoms. The first-order valence-electron chi connectivity index (χ1n) is 11.7. The zero-order valence-corrected chi connectivity index (χ0v) is 20.1. The van der Waals surface area contributed by atoms with E-state index in [1.807, 2.05) is 47.9 Å². The summed E-state index contributed by atoms with van der Waals surface area (Å²) in [4.78, 5) is 23.2. The number of para-hydroxylation sites is 2. The van der Waals surface area contributed by atoms with Gasteiger partial charge in [0.25, 0.3) is 5.91 Å². The van der Waals surface area contributed by atoms with Gasteiger partial charge in [-0.2, -0.15) is 0 Å². The molecule has 0 aliphatic carbocycles. The zero-order valence-electron chi connectivity index (χ0n) is 20.1. The minimum absolute atomic E-state index is 0.0446. The predicted molar refractivity (Wildman–Crippen MR) is 136 cm³/mol. The van der Waals surface area contributed by atoms with Crippen LogP contribution in [0, 0.1) is 19.8 Å². The van der Waals surface area contributed by atoms with Gasteiger partial charge in [-0.1, -0.05) is 51.0 Å². The first-order valence-corrected chi connectivity index (χ1v) is 11.7. The van der Waals surface area contributed by atoms with E-state index >= 15 is 0 Å². The van der Waals surface area contributed by atoms with Crippen LogP contribution in [0.1, 0.15) is 61.5 Å². The molecule has 3 N–H and O–H groups in total. The van der Waals surface area contributed by atoms with Crippen molar-refractivity contribution in [3.63, 3.8) is 0 Å². The van der Waals surface area contributed by atoms with Crippen molar-refractivity contribution < 1.29 is 4.79 Å². The highest BCUT2D eigenvalue weighted by atomic mass is 16.1. The molecular formula is C27H33N5O. The molecule has 2 aromatic heterocycles. The van der Waals surface area contributed by atoms with Crippen LogP contribution in [-0.2, 0) is 0 Å². The molecule has 0 saturated heterocycles. The first-order chi connectivity index (χ1) is 15.8. The van der Waals surface area contributed by atoms with Crippen LogP contribution in [0.25, 0.3) is 27.9 Å². The van der Waals surface area contributed by atoms with Crippen molar-refractivity contribution in [1.29, 1.82) is 0 Å². The van der Waals surface area contributed by atoms with Crippen LogP contribution in [0.5, 0.6) is 0 Å². The molecule has 6 heteroatoms. The molecule has 2 heterocycles. The van der Waals surface area contributed by atoms with Crippen molar-refractivity contribution in [1.82, 2.24) is 19.9 Å². The number of nitrogen functional groups attached to an aromatic ring is 1. The van der Waals surface area contributed by atoms with Crippen molar-refractivity contribution in [2.45, 2.75) is 59.9 Å². The van der Waals surface area contributed by atoms with Gasteiger partial charge in [0, 0.05) is 6.04 Å². The molecule has 0 aliphatic heterocycles. The normalized spacial score (nSPS) is 12.5. The van der Waals surface area contributed by atoms with Gasteiger partial charge in [-0.25, -0.2) is 9.97 Å². The van der Waals surface area contributed by atoms with E-state index in [-0.39, 0.29) is 11.9 Å². The van der Waals surface area contributed by atoms with Gasteiger partial charge in [0.2, 0.25) is 0 Å². The number of aromatic nitrogens is 3. The Morgan fingerprint density at radius 3 is 2.39 bits per heavy atom. The third-order valence-corrected chi connectivity index (χ3v) is 6.34. The Labute approximate surface area is 195 Å². The molecule has 172 valence electrons. The number of benzene rings is 2. The van der Waals surface area contributed by atoms with Gasteiger partial charge in [-0.05, 0) is 62.4 Å². The topological polar surface area (TPSA) is 85.8 Å². The second-order valence-electron chi connectivity index (χ2n) is 9.40. The number of carbonyl (C=O) groups excluding carboxylic acids is 1. The zero-order chi connectivity index (χ0) is 23.7. The third-order valence-electron chi connectivity index (χ3n) is 6.34. The monoisotopic (exact) mass is 443 g/mol. The van der Waals surface area contributed by atoms with E-state index in [2.05, 4.69) is 39.1 Å². The quantitative estimate of drug-likeness (QED) is 0.383. The maximum Gasteiger partial charge on any atom is 0.257 e. The molecule has 0 aliphatic rings. The standard InChI is InChI=1S/C27H33N5O/c1-16(2)10-8-12-18(4)29-27(33)23-24-26(31-21-14-7-6-13-20(21)30-24)32(25(23)28)22-15-9-11-17(3)19(22)5/h6-7,9,11,13-16,18H,8,10,12,28H2,1-5H3,(H,29,33). The van der Waals surface area contributed by atoms with E-state index in [1.165, 1.54) is 0 Å². The molecule has 1 atom stereocenters. The summed E-state index contributed by atoms with van der Waals surface area (Å²) < 4.78 is 1.87. The summed E-state index contributed by atoms with van der Waals surface area (Å²) in [5, 5.41) is 3.14. The Hall–Kier alpha value is -3.41. The van der Waals surface area contributed by atoms with E-state index in [0.29, 0.717) is 28.5 Å². The molecular weight excluding hydrogens is 410 g/mol. The molecule has 4 aromatic rings. The van der Waals surface area contributed by atoms with Crippen molar-refractivity contribution in [2.24, 2.45) is 5.92 Å². The number of fused-ring (bicyclic) bond motifs is 2. The molecule has 0 saturated carbocycles. The van der Waals surface area contributed by atoms with Gasteiger partial charge in [-0.15, -0.1) is 0 Å². The lowest BCUT2D eigenvalue weighted by Gasteiger charge is -2.15. The second kappa shape index (κ2) is 9.22. The van der Waals surface area contributed by atoms with Crippen LogP contribution in [0.4, 0.5) is 5.82 Å². The Morgan fingerprint density at radius 2 is 1.70 bits per heavy atom. The third kappa shape index (κ3) is 4.42. The van der Waals surface area contributed by atoms with E-state index in [9.17, 15) is 4.79 Å². The molecule has 0 bridgehead atoms. The highest BCUT2D eigenvalue weighted by molar-refractivity contribution is 6.11. The van der Waals surface area contributed by atoms with Crippen molar-refractivity contribution in [2.75, 3.05) is 5.73 Å². The van der Waals surface area contributed by atoms with Crippen LogP contribution in [0.3, 0.4) is 0 Å². The van der Waals surface area contributed by atoms with Crippen molar-refractivity contribution in [3.05, 3.63) is 59.2 Å². The number of aryl methyl sites for hydroxylation is 1. The number of hydrogen-bond donors (Lipinski definition) is 2. The first kappa shape index (κ1) is 22.8. The lowest BCUT2D eigenvalue weighted by Crippen LogP contribution is -2.33. The number of nitrogens with zero attached hydrogens (tertiary/aromatic N) is 3.